The van der Waals surface area contributed by atoms with Crippen molar-refractivity contribution < 1.29 is 14.7 Å². The molecule has 1 aliphatic rings. The number of carbonyl (C=O) groups is 2. The van der Waals surface area contributed by atoms with Crippen LogP contribution in [0.1, 0.15) is 59.3 Å². The highest BCUT2D eigenvalue weighted by Gasteiger charge is 2.37. The first-order chi connectivity index (χ1) is 8.90. The van der Waals surface area contributed by atoms with E-state index in [0.717, 1.165) is 32.1 Å². The fourth-order valence-electron chi connectivity index (χ4n) is 2.91. The molecule has 0 radical (unpaired) electrons. The zero-order valence-corrected chi connectivity index (χ0v) is 12.2. The summed E-state index contributed by atoms with van der Waals surface area (Å²) < 4.78 is 0. The number of carboxylic acids is 1. The third kappa shape index (κ3) is 4.40. The van der Waals surface area contributed by atoms with Gasteiger partial charge in [-0.05, 0) is 33.6 Å². The molecule has 1 fully saturated rings. The summed E-state index contributed by atoms with van der Waals surface area (Å²) in [6.45, 7) is 6.50. The summed E-state index contributed by atoms with van der Waals surface area (Å²) in [7, 11) is 0. The molecule has 0 bridgehead atoms. The number of amides is 2. The average Bonchev–Trinajstić information content (AvgIpc) is 2.28. The van der Waals surface area contributed by atoms with Crippen LogP contribution in [0.15, 0.2) is 0 Å². The molecule has 5 nitrogen and oxygen atoms in total. The van der Waals surface area contributed by atoms with E-state index in [1.54, 1.807) is 4.90 Å². The van der Waals surface area contributed by atoms with Gasteiger partial charge in [0.25, 0.3) is 0 Å². The molecular weight excluding hydrogens is 244 g/mol. The molecule has 0 spiro atoms. The Morgan fingerprint density at radius 3 is 2.26 bits per heavy atom. The Morgan fingerprint density at radius 1 is 1.26 bits per heavy atom. The van der Waals surface area contributed by atoms with Gasteiger partial charge in [-0.1, -0.05) is 19.3 Å². The van der Waals surface area contributed by atoms with Gasteiger partial charge in [0.15, 0.2) is 0 Å². The van der Waals surface area contributed by atoms with E-state index in [0.29, 0.717) is 6.54 Å². The van der Waals surface area contributed by atoms with E-state index in [4.69, 9.17) is 5.11 Å². The zero-order valence-electron chi connectivity index (χ0n) is 12.2. The van der Waals surface area contributed by atoms with Crippen molar-refractivity contribution in [1.29, 1.82) is 0 Å². The third-order valence-corrected chi connectivity index (χ3v) is 3.90. The van der Waals surface area contributed by atoms with Gasteiger partial charge in [-0.25, -0.2) is 4.79 Å². The van der Waals surface area contributed by atoms with E-state index in [-0.39, 0.29) is 18.5 Å². The molecule has 0 heterocycles. The van der Waals surface area contributed by atoms with Gasteiger partial charge < -0.3 is 15.3 Å². The number of urea groups is 1. The lowest BCUT2D eigenvalue weighted by atomic mass is 9.79. The largest absolute Gasteiger partial charge is 0.481 e. The summed E-state index contributed by atoms with van der Waals surface area (Å²) in [4.78, 5) is 25.1. The molecule has 0 aromatic rings. The molecule has 110 valence electrons. The Labute approximate surface area is 115 Å². The van der Waals surface area contributed by atoms with Crippen molar-refractivity contribution in [2.45, 2.75) is 70.9 Å². The molecule has 0 aromatic heterocycles. The van der Waals surface area contributed by atoms with Crippen molar-refractivity contribution in [1.82, 2.24) is 10.2 Å². The van der Waals surface area contributed by atoms with Gasteiger partial charge in [-0.15, -0.1) is 0 Å². The zero-order chi connectivity index (χ0) is 14.5. The first kappa shape index (κ1) is 15.8. The van der Waals surface area contributed by atoms with E-state index in [1.165, 1.54) is 0 Å². The molecule has 0 atom stereocenters. The highest BCUT2D eigenvalue weighted by Crippen LogP contribution is 2.31. The molecule has 2 N–H and O–H groups in total. The van der Waals surface area contributed by atoms with Crippen molar-refractivity contribution in [2.75, 3.05) is 6.54 Å². The summed E-state index contributed by atoms with van der Waals surface area (Å²) >= 11 is 0. The molecule has 1 saturated carbocycles. The van der Waals surface area contributed by atoms with Crippen molar-refractivity contribution in [3.63, 3.8) is 0 Å². The Hall–Kier alpha value is -1.26. The van der Waals surface area contributed by atoms with Crippen molar-refractivity contribution in [3.05, 3.63) is 0 Å². The predicted octanol–water partition coefficient (Wildman–Crippen LogP) is 2.60. The van der Waals surface area contributed by atoms with Gasteiger partial charge in [-0.2, -0.15) is 0 Å². The maximum atomic E-state index is 12.3. The predicted molar refractivity (Wildman–Crippen MR) is 74.1 cm³/mol. The van der Waals surface area contributed by atoms with Crippen LogP contribution in [0.4, 0.5) is 4.79 Å². The summed E-state index contributed by atoms with van der Waals surface area (Å²) in [5, 5.41) is 12.1. The number of nitrogens with one attached hydrogen (secondary N) is 1. The van der Waals surface area contributed by atoms with Crippen molar-refractivity contribution >= 4 is 12.0 Å². The second kappa shape index (κ2) is 6.78. The van der Waals surface area contributed by atoms with Crippen molar-refractivity contribution in [3.8, 4) is 0 Å². The third-order valence-electron chi connectivity index (χ3n) is 3.90. The van der Waals surface area contributed by atoms with Crippen LogP contribution >= 0.6 is 0 Å². The average molecular weight is 270 g/mol. The van der Waals surface area contributed by atoms with Gasteiger partial charge in [0, 0.05) is 12.6 Å². The summed E-state index contributed by atoms with van der Waals surface area (Å²) in [5.74, 6) is -0.838. The number of hydrogen-bond donors (Lipinski definition) is 2. The van der Waals surface area contributed by atoms with Crippen LogP contribution in [0.3, 0.4) is 0 Å². The van der Waals surface area contributed by atoms with E-state index in [2.05, 4.69) is 5.32 Å². The summed E-state index contributed by atoms with van der Waals surface area (Å²) in [6.07, 6.45) is 4.65. The molecule has 2 amide bonds. The minimum Gasteiger partial charge on any atom is -0.481 e. The van der Waals surface area contributed by atoms with Crippen LogP contribution in [0.2, 0.25) is 0 Å². The van der Waals surface area contributed by atoms with Gasteiger partial charge in [0.2, 0.25) is 0 Å². The first-order valence-corrected chi connectivity index (χ1v) is 7.21. The monoisotopic (exact) mass is 270 g/mol. The maximum absolute atomic E-state index is 12.3. The van der Waals surface area contributed by atoms with Crippen LogP contribution in [-0.4, -0.2) is 40.1 Å². The number of aliphatic carboxylic acids is 1. The molecule has 1 rings (SSSR count). The molecule has 0 aromatic carbocycles. The van der Waals surface area contributed by atoms with E-state index >= 15 is 0 Å². The lowest BCUT2D eigenvalue weighted by molar-refractivity contribution is -0.139. The number of hydrogen-bond acceptors (Lipinski definition) is 2. The molecule has 0 unspecified atom stereocenters. The lowest BCUT2D eigenvalue weighted by Crippen LogP contribution is -2.56. The fourth-order valence-corrected chi connectivity index (χ4v) is 2.91. The van der Waals surface area contributed by atoms with Crippen LogP contribution < -0.4 is 5.32 Å². The van der Waals surface area contributed by atoms with Crippen LogP contribution in [0, 0.1) is 0 Å². The number of rotatable bonds is 5. The second-order valence-electron chi connectivity index (χ2n) is 5.72. The lowest BCUT2D eigenvalue weighted by Gasteiger charge is -2.39. The summed E-state index contributed by atoms with van der Waals surface area (Å²) in [6, 6.07) is -0.0175. The minimum absolute atomic E-state index is 0.0222. The quantitative estimate of drug-likeness (QED) is 0.806. The van der Waals surface area contributed by atoms with Crippen LogP contribution in [0.5, 0.6) is 0 Å². The topological polar surface area (TPSA) is 69.6 Å². The molecule has 0 aliphatic heterocycles. The second-order valence-corrected chi connectivity index (χ2v) is 5.72. The Kier molecular flexibility index (Phi) is 5.63. The smallest absolute Gasteiger partial charge is 0.318 e. The molecule has 0 saturated heterocycles. The number of carbonyl (C=O) groups excluding carboxylic acids is 1. The Bertz CT molecular complexity index is 323. The first-order valence-electron chi connectivity index (χ1n) is 7.21. The normalized spacial score (nSPS) is 18.1. The molecule has 1 aliphatic carbocycles. The van der Waals surface area contributed by atoms with Gasteiger partial charge >= 0.3 is 12.0 Å². The molecular formula is C14H26N2O3. The standard InChI is InChI=1S/C14H26N2O3/c1-4-16(11(2)3)13(19)15-14(10-12(17)18)8-6-5-7-9-14/h11H,4-10H2,1-3H3,(H,15,19)(H,17,18). The van der Waals surface area contributed by atoms with Gasteiger partial charge in [-0.3, -0.25) is 4.79 Å². The minimum atomic E-state index is -0.838. The Morgan fingerprint density at radius 2 is 1.84 bits per heavy atom. The molecule has 5 heteroatoms. The molecule has 19 heavy (non-hydrogen) atoms. The fraction of sp³-hybridized carbons (Fsp3) is 0.857. The maximum Gasteiger partial charge on any atom is 0.318 e. The summed E-state index contributed by atoms with van der Waals surface area (Å²) in [5.41, 5.74) is -0.552. The van der Waals surface area contributed by atoms with Crippen molar-refractivity contribution in [2.24, 2.45) is 0 Å². The van der Waals surface area contributed by atoms with Crippen LogP contribution in [-0.2, 0) is 4.79 Å². The van der Waals surface area contributed by atoms with E-state index in [1.807, 2.05) is 20.8 Å². The van der Waals surface area contributed by atoms with Crippen LogP contribution in [0.25, 0.3) is 0 Å². The number of nitrogens with zero attached hydrogens (tertiary/aromatic N) is 1. The van der Waals surface area contributed by atoms with E-state index in [9.17, 15) is 9.59 Å². The highest BCUT2D eigenvalue weighted by atomic mass is 16.4. The highest BCUT2D eigenvalue weighted by molar-refractivity contribution is 5.77. The van der Waals surface area contributed by atoms with Gasteiger partial charge in [0.05, 0.1) is 12.0 Å². The Balaban J connectivity index is 2.76. The van der Waals surface area contributed by atoms with E-state index < -0.39 is 11.5 Å². The number of carboxylic acid groups (broad SMARTS) is 1. The SMILES string of the molecule is CCN(C(=O)NC1(CC(=O)O)CCCCC1)C(C)C. The van der Waals surface area contributed by atoms with Gasteiger partial charge in [0.1, 0.15) is 0 Å².